The zero-order chi connectivity index (χ0) is 22.1. The molecule has 29 heavy (non-hydrogen) atoms. The molecular formula is C19H20F5N3O2. The predicted molar refractivity (Wildman–Crippen MR) is 96.6 cm³/mol. The molecule has 1 aromatic carbocycles. The number of alkyl halides is 3. The molecule has 1 fully saturated rings. The Hall–Kier alpha value is -2.91. The molecule has 10 heteroatoms. The van der Waals surface area contributed by atoms with Crippen molar-refractivity contribution < 1.29 is 31.5 Å². The third kappa shape index (κ3) is 4.57. The van der Waals surface area contributed by atoms with Gasteiger partial charge in [-0.25, -0.2) is 8.78 Å². The van der Waals surface area contributed by atoms with E-state index in [0.29, 0.717) is 6.07 Å². The molecule has 0 unspecified atom stereocenters. The molecule has 1 N–H and O–H groups in total. The van der Waals surface area contributed by atoms with Crippen LogP contribution in [-0.2, 0) is 9.59 Å². The lowest BCUT2D eigenvalue weighted by Crippen LogP contribution is -2.36. The van der Waals surface area contributed by atoms with E-state index < -0.39 is 47.2 Å². The molecular weight excluding hydrogens is 397 g/mol. The van der Waals surface area contributed by atoms with E-state index in [2.05, 4.69) is 11.9 Å². The van der Waals surface area contributed by atoms with E-state index in [1.807, 2.05) is 0 Å². The Morgan fingerprint density at radius 3 is 2.41 bits per heavy atom. The third-order valence-corrected chi connectivity index (χ3v) is 4.60. The fraction of sp³-hybridized carbons (Fsp3) is 0.368. The number of likely N-dealkylation sites (tertiary alicyclic amines) is 1. The quantitative estimate of drug-likeness (QED) is 0.455. The van der Waals surface area contributed by atoms with Crippen LogP contribution in [0.4, 0.5) is 27.6 Å². The lowest BCUT2D eigenvalue weighted by atomic mass is 9.85. The maximum atomic E-state index is 13.9. The lowest BCUT2D eigenvalue weighted by molar-refractivity contribution is -0.135. The summed E-state index contributed by atoms with van der Waals surface area (Å²) >= 11 is 0. The Kier molecular flexibility index (Phi) is 6.34. The zero-order valence-corrected chi connectivity index (χ0v) is 16.0. The summed E-state index contributed by atoms with van der Waals surface area (Å²) in [5, 5.41) is 2.17. The van der Waals surface area contributed by atoms with Gasteiger partial charge in [-0.05, 0) is 17.7 Å². The predicted octanol–water partition coefficient (Wildman–Crippen LogP) is 3.17. The minimum absolute atomic E-state index is 0.155. The Labute approximate surface area is 164 Å². The number of hydrogen-bond donors (Lipinski definition) is 1. The average Bonchev–Trinajstić information content (AvgIpc) is 2.88. The van der Waals surface area contributed by atoms with E-state index in [0.717, 1.165) is 28.0 Å². The van der Waals surface area contributed by atoms with Crippen LogP contribution in [0.3, 0.4) is 0 Å². The normalized spacial score (nSPS) is 20.4. The molecule has 1 aliphatic heterocycles. The van der Waals surface area contributed by atoms with Gasteiger partial charge in [0.2, 0.25) is 11.8 Å². The number of nitrogens with zero attached hydrogens (tertiary/aromatic N) is 2. The zero-order valence-electron chi connectivity index (χ0n) is 16.0. The SMILES string of the molecule is C=C/C(=C(\N(C)C)C(F)(F)F)[C@H]1CN(C)C(=O)[C@@H]1C(=O)Nc1ccc(F)cc1F. The summed E-state index contributed by atoms with van der Waals surface area (Å²) < 4.78 is 67.7. The first kappa shape index (κ1) is 22.4. The number of carbonyl (C=O) groups excluding carboxylic acids is 2. The molecule has 2 amide bonds. The highest BCUT2D eigenvalue weighted by molar-refractivity contribution is 6.08. The molecule has 1 aromatic rings. The second-order valence-corrected chi connectivity index (χ2v) is 6.82. The van der Waals surface area contributed by atoms with Gasteiger partial charge >= 0.3 is 6.18 Å². The smallest absolute Gasteiger partial charge is 0.373 e. The van der Waals surface area contributed by atoms with Crippen LogP contribution in [0.25, 0.3) is 0 Å². The topological polar surface area (TPSA) is 52.7 Å². The molecule has 1 aliphatic rings. The van der Waals surface area contributed by atoms with Crippen molar-refractivity contribution in [1.82, 2.24) is 9.80 Å². The minimum Gasteiger partial charge on any atom is -0.373 e. The Bertz CT molecular complexity index is 864. The second kappa shape index (κ2) is 8.22. The van der Waals surface area contributed by atoms with Gasteiger partial charge < -0.3 is 15.1 Å². The van der Waals surface area contributed by atoms with E-state index in [1.54, 1.807) is 0 Å². The van der Waals surface area contributed by atoms with Crippen LogP contribution in [0, 0.1) is 23.5 Å². The highest BCUT2D eigenvalue weighted by Crippen LogP contribution is 2.39. The summed E-state index contributed by atoms with van der Waals surface area (Å²) in [6, 6.07) is 2.41. The van der Waals surface area contributed by atoms with Gasteiger partial charge in [-0.3, -0.25) is 9.59 Å². The summed E-state index contributed by atoms with van der Waals surface area (Å²) in [5.74, 6) is -6.34. The second-order valence-electron chi connectivity index (χ2n) is 6.82. The largest absolute Gasteiger partial charge is 0.431 e. The van der Waals surface area contributed by atoms with Crippen molar-refractivity contribution in [3.63, 3.8) is 0 Å². The number of nitrogens with one attached hydrogen (secondary N) is 1. The molecule has 0 spiro atoms. The number of amides is 2. The van der Waals surface area contributed by atoms with Crippen LogP contribution < -0.4 is 5.32 Å². The van der Waals surface area contributed by atoms with E-state index >= 15 is 0 Å². The summed E-state index contributed by atoms with van der Waals surface area (Å²) in [6.07, 6.45) is -3.78. The summed E-state index contributed by atoms with van der Waals surface area (Å²) in [4.78, 5) is 27.2. The minimum atomic E-state index is -4.75. The summed E-state index contributed by atoms with van der Waals surface area (Å²) in [7, 11) is 3.73. The standard InChI is InChI=1S/C19H20F5N3O2/c1-5-11(16(26(2)3)19(22,23)24)12-9-27(4)18(29)15(12)17(28)25-14-7-6-10(20)8-13(14)21/h5-8,12,15H,1,9H2,2-4H3,(H,25,28)/b16-11+/t12-,15+/m1/s1. The molecule has 1 heterocycles. The first-order valence-electron chi connectivity index (χ1n) is 8.50. The van der Waals surface area contributed by atoms with Crippen molar-refractivity contribution >= 4 is 17.5 Å². The molecule has 0 saturated carbocycles. The Morgan fingerprint density at radius 2 is 1.93 bits per heavy atom. The summed E-state index contributed by atoms with van der Waals surface area (Å²) in [5.41, 5.74) is -1.74. The highest BCUT2D eigenvalue weighted by atomic mass is 19.4. The monoisotopic (exact) mass is 417 g/mol. The number of allylic oxidation sites excluding steroid dienone is 2. The van der Waals surface area contributed by atoms with Gasteiger partial charge in [0.15, 0.2) is 0 Å². The van der Waals surface area contributed by atoms with Crippen molar-refractivity contribution in [2.45, 2.75) is 6.18 Å². The van der Waals surface area contributed by atoms with Gasteiger partial charge in [-0.2, -0.15) is 13.2 Å². The van der Waals surface area contributed by atoms with Gasteiger partial charge in [0, 0.05) is 39.7 Å². The van der Waals surface area contributed by atoms with Gasteiger partial charge in [-0.15, -0.1) is 0 Å². The fourth-order valence-electron chi connectivity index (χ4n) is 3.37. The number of rotatable bonds is 5. The first-order valence-corrected chi connectivity index (χ1v) is 8.50. The molecule has 2 rings (SSSR count). The van der Waals surface area contributed by atoms with Gasteiger partial charge in [0.25, 0.3) is 0 Å². The number of anilines is 1. The molecule has 0 bridgehead atoms. The van der Waals surface area contributed by atoms with E-state index in [9.17, 15) is 31.5 Å². The van der Waals surface area contributed by atoms with Crippen molar-refractivity contribution in [1.29, 1.82) is 0 Å². The molecule has 1 saturated heterocycles. The Balaban J connectivity index is 2.49. The molecule has 0 radical (unpaired) electrons. The van der Waals surface area contributed by atoms with Crippen LogP contribution in [0.15, 0.2) is 42.1 Å². The molecule has 158 valence electrons. The van der Waals surface area contributed by atoms with E-state index in [1.165, 1.54) is 21.1 Å². The summed E-state index contributed by atoms with van der Waals surface area (Å²) in [6.45, 7) is 3.27. The van der Waals surface area contributed by atoms with Crippen LogP contribution in [0.2, 0.25) is 0 Å². The van der Waals surface area contributed by atoms with Crippen molar-refractivity contribution in [2.75, 3.05) is 33.0 Å². The molecule has 2 atom stereocenters. The van der Waals surface area contributed by atoms with E-state index in [4.69, 9.17) is 0 Å². The lowest BCUT2D eigenvalue weighted by Gasteiger charge is -2.27. The first-order chi connectivity index (χ1) is 13.4. The van der Waals surface area contributed by atoms with Gasteiger partial charge in [0.1, 0.15) is 23.2 Å². The number of halogens is 5. The highest BCUT2D eigenvalue weighted by Gasteiger charge is 2.48. The van der Waals surface area contributed by atoms with Crippen molar-refractivity contribution in [3.05, 3.63) is 53.8 Å². The maximum absolute atomic E-state index is 13.9. The van der Waals surface area contributed by atoms with Crippen molar-refractivity contribution in [3.8, 4) is 0 Å². The molecule has 0 aliphatic carbocycles. The fourth-order valence-corrected chi connectivity index (χ4v) is 3.37. The van der Waals surface area contributed by atoms with Crippen molar-refractivity contribution in [2.24, 2.45) is 11.8 Å². The van der Waals surface area contributed by atoms with Crippen LogP contribution in [-0.4, -0.2) is 55.5 Å². The molecule has 5 nitrogen and oxygen atoms in total. The van der Waals surface area contributed by atoms with Crippen LogP contribution in [0.1, 0.15) is 0 Å². The van der Waals surface area contributed by atoms with Gasteiger partial charge in [-0.1, -0.05) is 12.7 Å². The number of benzene rings is 1. The van der Waals surface area contributed by atoms with Crippen LogP contribution >= 0.6 is 0 Å². The number of carbonyl (C=O) groups is 2. The van der Waals surface area contributed by atoms with E-state index in [-0.39, 0.29) is 17.8 Å². The van der Waals surface area contributed by atoms with Gasteiger partial charge in [0.05, 0.1) is 5.69 Å². The number of hydrogen-bond acceptors (Lipinski definition) is 3. The maximum Gasteiger partial charge on any atom is 0.431 e. The van der Waals surface area contributed by atoms with Crippen LogP contribution in [0.5, 0.6) is 0 Å². The molecule has 0 aromatic heterocycles. The average molecular weight is 417 g/mol. The third-order valence-electron chi connectivity index (χ3n) is 4.60. The Morgan fingerprint density at radius 1 is 1.31 bits per heavy atom.